The third-order valence-corrected chi connectivity index (χ3v) is 2.03. The molecule has 0 heterocycles. The highest BCUT2D eigenvalue weighted by atomic mass is 16.5. The van der Waals surface area contributed by atoms with Crippen molar-refractivity contribution >= 4 is 11.9 Å². The van der Waals surface area contributed by atoms with Crippen LogP contribution in [0.4, 0.5) is 0 Å². The van der Waals surface area contributed by atoms with E-state index in [0.29, 0.717) is 5.56 Å². The highest BCUT2D eigenvalue weighted by Crippen LogP contribution is 2.09. The fraction of sp³-hybridized carbons (Fsp3) is 0.273. The minimum Gasteiger partial charge on any atom is -0.508 e. The van der Waals surface area contributed by atoms with Crippen LogP contribution in [-0.4, -0.2) is 30.1 Å². The molecule has 0 aliphatic heterocycles. The van der Waals surface area contributed by atoms with Crippen LogP contribution in [0.1, 0.15) is 17.3 Å². The lowest BCUT2D eigenvalue weighted by molar-refractivity contribution is -0.142. The molecule has 1 amide bonds. The van der Waals surface area contributed by atoms with Crippen molar-refractivity contribution in [1.82, 2.24) is 5.32 Å². The van der Waals surface area contributed by atoms with E-state index < -0.39 is 17.9 Å². The summed E-state index contributed by atoms with van der Waals surface area (Å²) in [5.41, 5.74) is 0.369. The Morgan fingerprint density at radius 3 is 2.38 bits per heavy atom. The van der Waals surface area contributed by atoms with E-state index in [9.17, 15) is 9.59 Å². The van der Waals surface area contributed by atoms with Gasteiger partial charge in [0, 0.05) is 5.56 Å². The van der Waals surface area contributed by atoms with Crippen molar-refractivity contribution < 1.29 is 19.4 Å². The minimum absolute atomic E-state index is 0.0811. The summed E-state index contributed by atoms with van der Waals surface area (Å²) in [6.45, 7) is 1.53. The normalized spacial score (nSPS) is 11.6. The average Bonchev–Trinajstić information content (AvgIpc) is 2.28. The number of ether oxygens (including phenoxy) is 1. The number of carbonyl (C=O) groups excluding carboxylic acids is 2. The van der Waals surface area contributed by atoms with E-state index in [1.165, 1.54) is 38.3 Å². The number of aromatic hydroxyl groups is 1. The molecule has 1 rings (SSSR count). The van der Waals surface area contributed by atoms with Crippen molar-refractivity contribution in [1.29, 1.82) is 0 Å². The van der Waals surface area contributed by atoms with Gasteiger partial charge in [0.15, 0.2) is 0 Å². The Kier molecular flexibility index (Phi) is 3.88. The van der Waals surface area contributed by atoms with Crippen molar-refractivity contribution in [2.75, 3.05) is 7.11 Å². The van der Waals surface area contributed by atoms with Gasteiger partial charge in [-0.25, -0.2) is 4.79 Å². The van der Waals surface area contributed by atoms with Gasteiger partial charge in [-0.15, -0.1) is 0 Å². The van der Waals surface area contributed by atoms with Gasteiger partial charge in [0.25, 0.3) is 5.91 Å². The third kappa shape index (κ3) is 2.98. The number of phenolic OH excluding ortho intramolecular Hbond substituents is 1. The number of amides is 1. The zero-order valence-corrected chi connectivity index (χ0v) is 9.06. The molecule has 0 aromatic heterocycles. The molecule has 0 bridgehead atoms. The second-order valence-electron chi connectivity index (χ2n) is 3.27. The first kappa shape index (κ1) is 12.0. The molecule has 1 aromatic carbocycles. The Hall–Kier alpha value is -2.04. The first-order chi connectivity index (χ1) is 7.54. The van der Waals surface area contributed by atoms with Gasteiger partial charge in [0.1, 0.15) is 11.8 Å². The van der Waals surface area contributed by atoms with Gasteiger partial charge in [-0.1, -0.05) is 0 Å². The number of nitrogens with one attached hydrogen (secondary N) is 1. The molecule has 0 saturated carbocycles. The largest absolute Gasteiger partial charge is 0.508 e. The van der Waals surface area contributed by atoms with Crippen molar-refractivity contribution in [2.45, 2.75) is 13.0 Å². The predicted octanol–water partition coefficient (Wildman–Crippen LogP) is 0.683. The summed E-state index contributed by atoms with van der Waals surface area (Å²) in [4.78, 5) is 22.6. The van der Waals surface area contributed by atoms with Crippen LogP contribution >= 0.6 is 0 Å². The van der Waals surface area contributed by atoms with Crippen molar-refractivity contribution in [3.8, 4) is 5.75 Å². The molecular weight excluding hydrogens is 210 g/mol. The van der Waals surface area contributed by atoms with E-state index >= 15 is 0 Å². The lowest BCUT2D eigenvalue weighted by Gasteiger charge is -2.11. The zero-order valence-electron chi connectivity index (χ0n) is 9.06. The number of benzene rings is 1. The Morgan fingerprint density at radius 1 is 1.31 bits per heavy atom. The van der Waals surface area contributed by atoms with Crippen molar-refractivity contribution in [2.24, 2.45) is 0 Å². The molecule has 5 heteroatoms. The van der Waals surface area contributed by atoms with Crippen LogP contribution in [0.25, 0.3) is 0 Å². The van der Waals surface area contributed by atoms with Crippen molar-refractivity contribution in [3.63, 3.8) is 0 Å². The maximum atomic E-state index is 11.6. The molecule has 86 valence electrons. The van der Waals surface area contributed by atoms with Crippen LogP contribution < -0.4 is 5.32 Å². The molecule has 0 radical (unpaired) electrons. The third-order valence-electron chi connectivity index (χ3n) is 2.03. The Morgan fingerprint density at radius 2 is 1.88 bits per heavy atom. The summed E-state index contributed by atoms with van der Waals surface area (Å²) in [6, 6.07) is 5.03. The van der Waals surface area contributed by atoms with Crippen LogP contribution in [0.3, 0.4) is 0 Å². The van der Waals surface area contributed by atoms with Crippen LogP contribution in [0.5, 0.6) is 5.75 Å². The van der Waals surface area contributed by atoms with Gasteiger partial charge in [0.2, 0.25) is 0 Å². The number of phenols is 1. The molecule has 0 unspecified atom stereocenters. The quantitative estimate of drug-likeness (QED) is 0.739. The number of hydrogen-bond acceptors (Lipinski definition) is 4. The summed E-state index contributed by atoms with van der Waals surface area (Å²) in [5.74, 6) is -0.817. The standard InChI is InChI=1S/C11H13NO4/c1-7(11(15)16-2)12-10(14)8-3-5-9(13)6-4-8/h3-7,13H,1-2H3,(H,12,14)/t7-/m0/s1. The second-order valence-corrected chi connectivity index (χ2v) is 3.27. The lowest BCUT2D eigenvalue weighted by atomic mass is 10.2. The minimum atomic E-state index is -0.702. The van der Waals surface area contributed by atoms with Crippen LogP contribution in [-0.2, 0) is 9.53 Å². The van der Waals surface area contributed by atoms with Gasteiger partial charge >= 0.3 is 5.97 Å². The fourth-order valence-corrected chi connectivity index (χ4v) is 1.13. The molecule has 0 saturated heterocycles. The molecule has 0 spiro atoms. The number of rotatable bonds is 3. The van der Waals surface area contributed by atoms with E-state index in [4.69, 9.17) is 5.11 Å². The van der Waals surface area contributed by atoms with Crippen molar-refractivity contribution in [3.05, 3.63) is 29.8 Å². The van der Waals surface area contributed by atoms with E-state index in [1.54, 1.807) is 0 Å². The highest BCUT2D eigenvalue weighted by molar-refractivity contribution is 5.96. The summed E-state index contributed by atoms with van der Waals surface area (Å²) in [6.07, 6.45) is 0. The number of carbonyl (C=O) groups is 2. The smallest absolute Gasteiger partial charge is 0.328 e. The first-order valence-corrected chi connectivity index (χ1v) is 4.72. The number of methoxy groups -OCH3 is 1. The van der Waals surface area contributed by atoms with E-state index in [-0.39, 0.29) is 5.75 Å². The molecule has 1 aromatic rings. The SMILES string of the molecule is COC(=O)[C@H](C)NC(=O)c1ccc(O)cc1. The Balaban J connectivity index is 2.65. The van der Waals surface area contributed by atoms with E-state index in [2.05, 4.69) is 10.1 Å². The molecule has 0 aliphatic rings. The summed E-state index contributed by atoms with van der Waals surface area (Å²) < 4.78 is 4.47. The average molecular weight is 223 g/mol. The second kappa shape index (κ2) is 5.16. The monoisotopic (exact) mass is 223 g/mol. The predicted molar refractivity (Wildman–Crippen MR) is 57.1 cm³/mol. The van der Waals surface area contributed by atoms with E-state index in [1.807, 2.05) is 0 Å². The summed E-state index contributed by atoms with van der Waals surface area (Å²) >= 11 is 0. The summed E-state index contributed by atoms with van der Waals surface area (Å²) in [7, 11) is 1.26. The summed E-state index contributed by atoms with van der Waals surface area (Å²) in [5, 5.41) is 11.5. The Bertz CT molecular complexity index is 385. The molecule has 16 heavy (non-hydrogen) atoms. The van der Waals surface area contributed by atoms with E-state index in [0.717, 1.165) is 0 Å². The maximum absolute atomic E-state index is 11.6. The van der Waals surface area contributed by atoms with Crippen LogP contribution in [0.2, 0.25) is 0 Å². The molecule has 1 atom stereocenters. The number of esters is 1. The molecule has 5 nitrogen and oxygen atoms in total. The highest BCUT2D eigenvalue weighted by Gasteiger charge is 2.16. The van der Waals surface area contributed by atoms with Gasteiger partial charge in [0.05, 0.1) is 7.11 Å². The zero-order chi connectivity index (χ0) is 12.1. The topological polar surface area (TPSA) is 75.6 Å². The molecule has 0 fully saturated rings. The maximum Gasteiger partial charge on any atom is 0.328 e. The molecular formula is C11H13NO4. The van der Waals surface area contributed by atoms with Crippen LogP contribution in [0, 0.1) is 0 Å². The van der Waals surface area contributed by atoms with Gasteiger partial charge in [-0.2, -0.15) is 0 Å². The van der Waals surface area contributed by atoms with Gasteiger partial charge in [-0.3, -0.25) is 4.79 Å². The first-order valence-electron chi connectivity index (χ1n) is 4.72. The Labute approximate surface area is 93.0 Å². The molecule has 0 aliphatic carbocycles. The van der Waals surface area contributed by atoms with Gasteiger partial charge in [-0.05, 0) is 31.2 Å². The lowest BCUT2D eigenvalue weighted by Crippen LogP contribution is -2.39. The number of hydrogen-bond donors (Lipinski definition) is 2. The fourth-order valence-electron chi connectivity index (χ4n) is 1.13. The van der Waals surface area contributed by atoms with Gasteiger partial charge < -0.3 is 15.2 Å². The van der Waals surface area contributed by atoms with Crippen LogP contribution in [0.15, 0.2) is 24.3 Å². The molecule has 2 N–H and O–H groups in total.